The van der Waals surface area contributed by atoms with Crippen LogP contribution in [-0.4, -0.2) is 69.2 Å². The van der Waals surface area contributed by atoms with Gasteiger partial charge in [-0.2, -0.15) is 4.68 Å². The van der Waals surface area contributed by atoms with Crippen molar-refractivity contribution in [1.82, 2.24) is 30.0 Å². The Hall–Kier alpha value is -3.26. The van der Waals surface area contributed by atoms with Crippen molar-refractivity contribution >= 4 is 5.91 Å². The smallest absolute Gasteiger partial charge is 0.227 e. The molecule has 3 aromatic rings. The van der Waals surface area contributed by atoms with Gasteiger partial charge < -0.3 is 9.64 Å². The predicted molar refractivity (Wildman–Crippen MR) is 112 cm³/mol. The Balaban J connectivity index is 1.33. The van der Waals surface area contributed by atoms with Crippen LogP contribution < -0.4 is 4.74 Å². The Bertz CT molecular complexity index is 993. The first-order valence-corrected chi connectivity index (χ1v) is 10.1. The van der Waals surface area contributed by atoms with E-state index in [2.05, 4.69) is 26.5 Å². The van der Waals surface area contributed by atoms with E-state index in [4.69, 9.17) is 4.74 Å². The van der Waals surface area contributed by atoms with Crippen molar-refractivity contribution in [3.05, 3.63) is 65.5 Å². The number of aromatic nitrogens is 4. The summed E-state index contributed by atoms with van der Waals surface area (Å²) in [5.41, 5.74) is 3.14. The van der Waals surface area contributed by atoms with Crippen LogP contribution in [0.25, 0.3) is 5.69 Å². The van der Waals surface area contributed by atoms with Crippen LogP contribution in [0, 0.1) is 6.92 Å². The minimum atomic E-state index is 0.184. The lowest BCUT2D eigenvalue weighted by atomic mass is 10.1. The summed E-state index contributed by atoms with van der Waals surface area (Å²) in [6, 6.07) is 15.8. The number of aryl methyl sites for hydroxylation is 1. The van der Waals surface area contributed by atoms with E-state index in [0.29, 0.717) is 13.0 Å². The molecule has 2 aromatic carbocycles. The van der Waals surface area contributed by atoms with Gasteiger partial charge in [-0.1, -0.05) is 29.8 Å². The number of piperazine rings is 1. The van der Waals surface area contributed by atoms with Gasteiger partial charge in [0.2, 0.25) is 5.91 Å². The molecule has 0 saturated carbocycles. The highest BCUT2D eigenvalue weighted by molar-refractivity contribution is 5.79. The number of amides is 1. The fourth-order valence-corrected chi connectivity index (χ4v) is 3.69. The number of nitrogens with zero attached hydrogens (tertiary/aromatic N) is 6. The monoisotopic (exact) mass is 406 g/mol. The molecule has 0 N–H and O–H groups in total. The highest BCUT2D eigenvalue weighted by Gasteiger charge is 2.23. The summed E-state index contributed by atoms with van der Waals surface area (Å²) in [5.74, 6) is 1.75. The molecule has 0 spiro atoms. The maximum Gasteiger partial charge on any atom is 0.227 e. The molecule has 0 bridgehead atoms. The maximum absolute atomic E-state index is 12.7. The van der Waals surface area contributed by atoms with E-state index in [1.54, 1.807) is 11.8 Å². The molecule has 1 aliphatic rings. The number of tetrazole rings is 1. The van der Waals surface area contributed by atoms with E-state index in [1.165, 1.54) is 5.56 Å². The van der Waals surface area contributed by atoms with Gasteiger partial charge in [-0.3, -0.25) is 9.69 Å². The summed E-state index contributed by atoms with van der Waals surface area (Å²) in [6.07, 6.45) is 0.456. The second-order valence-corrected chi connectivity index (χ2v) is 7.53. The average molecular weight is 406 g/mol. The zero-order valence-corrected chi connectivity index (χ0v) is 17.4. The summed E-state index contributed by atoms with van der Waals surface area (Å²) in [6.45, 7) is 5.72. The maximum atomic E-state index is 12.7. The molecular formula is C22H26N6O2. The zero-order chi connectivity index (χ0) is 20.9. The highest BCUT2D eigenvalue weighted by atomic mass is 16.5. The highest BCUT2D eigenvalue weighted by Crippen LogP contribution is 2.16. The molecule has 8 heteroatoms. The van der Waals surface area contributed by atoms with Gasteiger partial charge in [0.05, 0.1) is 25.8 Å². The summed E-state index contributed by atoms with van der Waals surface area (Å²) in [5, 5.41) is 12.2. The van der Waals surface area contributed by atoms with Crippen molar-refractivity contribution in [2.24, 2.45) is 0 Å². The van der Waals surface area contributed by atoms with Crippen LogP contribution in [0.4, 0.5) is 0 Å². The Morgan fingerprint density at radius 2 is 1.83 bits per heavy atom. The first-order chi connectivity index (χ1) is 14.6. The van der Waals surface area contributed by atoms with Crippen LogP contribution >= 0.6 is 0 Å². The molecule has 1 amide bonds. The molecule has 1 fully saturated rings. The number of carbonyl (C=O) groups is 1. The number of carbonyl (C=O) groups excluding carboxylic acids is 1. The first-order valence-electron chi connectivity index (χ1n) is 10.1. The van der Waals surface area contributed by atoms with Gasteiger partial charge in [0.25, 0.3) is 0 Å². The Morgan fingerprint density at radius 1 is 1.07 bits per heavy atom. The van der Waals surface area contributed by atoms with Gasteiger partial charge in [0, 0.05) is 26.2 Å². The van der Waals surface area contributed by atoms with Crippen LogP contribution in [0.1, 0.15) is 17.0 Å². The molecule has 30 heavy (non-hydrogen) atoms. The van der Waals surface area contributed by atoms with E-state index in [9.17, 15) is 4.79 Å². The van der Waals surface area contributed by atoms with Crippen molar-refractivity contribution in [3.63, 3.8) is 0 Å². The molecule has 0 unspecified atom stereocenters. The Morgan fingerprint density at radius 3 is 2.53 bits per heavy atom. The summed E-state index contributed by atoms with van der Waals surface area (Å²) >= 11 is 0. The quantitative estimate of drug-likeness (QED) is 0.622. The van der Waals surface area contributed by atoms with Crippen molar-refractivity contribution in [3.8, 4) is 11.4 Å². The van der Waals surface area contributed by atoms with Gasteiger partial charge in [-0.15, -0.1) is 5.10 Å². The van der Waals surface area contributed by atoms with Crippen molar-refractivity contribution < 1.29 is 9.53 Å². The molecule has 1 saturated heterocycles. The number of hydrogen-bond acceptors (Lipinski definition) is 6. The van der Waals surface area contributed by atoms with Crippen molar-refractivity contribution in [2.75, 3.05) is 33.3 Å². The largest absolute Gasteiger partial charge is 0.497 e. The lowest BCUT2D eigenvalue weighted by Gasteiger charge is -2.34. The van der Waals surface area contributed by atoms with Crippen LogP contribution in [-0.2, 0) is 17.8 Å². The standard InChI is InChI=1S/C22H26N6O2/c1-17-4-3-5-18(14-17)15-22(29)27-12-10-26(11-13-27)16-21-23-24-25-28(21)19-6-8-20(30-2)9-7-19/h3-9,14H,10-13,15-16H2,1-2H3. The molecule has 1 aromatic heterocycles. The molecule has 0 aliphatic carbocycles. The Kier molecular flexibility index (Phi) is 6.04. The fraction of sp³-hybridized carbons (Fsp3) is 0.364. The Labute approximate surface area is 176 Å². The third-order valence-corrected chi connectivity index (χ3v) is 5.38. The summed E-state index contributed by atoms with van der Waals surface area (Å²) in [4.78, 5) is 16.9. The SMILES string of the molecule is COc1ccc(-n2nnnc2CN2CCN(C(=O)Cc3cccc(C)c3)CC2)cc1. The third kappa shape index (κ3) is 4.65. The lowest BCUT2D eigenvalue weighted by Crippen LogP contribution is -2.49. The van der Waals surface area contributed by atoms with Gasteiger partial charge in [-0.05, 0) is 47.2 Å². The molecule has 156 valence electrons. The van der Waals surface area contributed by atoms with E-state index < -0.39 is 0 Å². The number of methoxy groups -OCH3 is 1. The average Bonchev–Trinajstić information content (AvgIpc) is 3.22. The van der Waals surface area contributed by atoms with Crippen molar-refractivity contribution in [1.29, 1.82) is 0 Å². The number of hydrogen-bond donors (Lipinski definition) is 0. The molecule has 1 aliphatic heterocycles. The minimum absolute atomic E-state index is 0.184. The lowest BCUT2D eigenvalue weighted by molar-refractivity contribution is -0.132. The van der Waals surface area contributed by atoms with E-state index >= 15 is 0 Å². The minimum Gasteiger partial charge on any atom is -0.497 e. The second-order valence-electron chi connectivity index (χ2n) is 7.53. The molecule has 0 radical (unpaired) electrons. The third-order valence-electron chi connectivity index (χ3n) is 5.38. The summed E-state index contributed by atoms with van der Waals surface area (Å²) in [7, 11) is 1.64. The molecule has 2 heterocycles. The number of benzene rings is 2. The zero-order valence-electron chi connectivity index (χ0n) is 17.4. The van der Waals surface area contributed by atoms with Crippen LogP contribution in [0.15, 0.2) is 48.5 Å². The van der Waals surface area contributed by atoms with Gasteiger partial charge >= 0.3 is 0 Å². The van der Waals surface area contributed by atoms with Crippen LogP contribution in [0.3, 0.4) is 0 Å². The first kappa shape index (κ1) is 20.0. The van der Waals surface area contributed by atoms with Crippen molar-refractivity contribution in [2.45, 2.75) is 19.9 Å². The fourth-order valence-electron chi connectivity index (χ4n) is 3.69. The second kappa shape index (κ2) is 9.04. The topological polar surface area (TPSA) is 76.4 Å². The van der Waals surface area contributed by atoms with Gasteiger partial charge in [-0.25, -0.2) is 0 Å². The van der Waals surface area contributed by atoms with E-state index in [0.717, 1.165) is 49.0 Å². The normalized spacial score (nSPS) is 14.7. The van der Waals surface area contributed by atoms with E-state index in [1.807, 2.05) is 54.3 Å². The molecule has 8 nitrogen and oxygen atoms in total. The van der Waals surface area contributed by atoms with Crippen LogP contribution in [0.2, 0.25) is 0 Å². The van der Waals surface area contributed by atoms with Gasteiger partial charge in [0.15, 0.2) is 5.82 Å². The number of ether oxygens (including phenoxy) is 1. The summed E-state index contributed by atoms with van der Waals surface area (Å²) < 4.78 is 6.95. The molecule has 4 rings (SSSR count). The molecule has 0 atom stereocenters. The predicted octanol–water partition coefficient (Wildman–Crippen LogP) is 1.87. The van der Waals surface area contributed by atoms with Gasteiger partial charge in [0.1, 0.15) is 5.75 Å². The number of rotatable bonds is 6. The molecular weight excluding hydrogens is 380 g/mol. The van der Waals surface area contributed by atoms with E-state index in [-0.39, 0.29) is 5.91 Å². The van der Waals surface area contributed by atoms with Crippen LogP contribution in [0.5, 0.6) is 5.75 Å².